The van der Waals surface area contributed by atoms with E-state index in [0.29, 0.717) is 0 Å². The fourth-order valence-corrected chi connectivity index (χ4v) is 2.19. The zero-order chi connectivity index (χ0) is 15.3. The summed E-state index contributed by atoms with van der Waals surface area (Å²) in [5, 5.41) is 2.26. The van der Waals surface area contributed by atoms with E-state index in [1.807, 2.05) is 0 Å². The Morgan fingerprint density at radius 1 is 1.30 bits per heavy atom. The lowest BCUT2D eigenvalue weighted by Crippen LogP contribution is -2.25. The Balaban J connectivity index is 2.75. The van der Waals surface area contributed by atoms with Crippen molar-refractivity contribution in [2.75, 3.05) is 5.75 Å². The van der Waals surface area contributed by atoms with Crippen molar-refractivity contribution in [2.45, 2.75) is 19.1 Å². The average Bonchev–Trinajstić information content (AvgIpc) is 2.33. The van der Waals surface area contributed by atoms with Gasteiger partial charge < -0.3 is 5.32 Å². The summed E-state index contributed by atoms with van der Waals surface area (Å²) in [5.74, 6) is -0.937. The minimum atomic E-state index is -4.53. The Labute approximate surface area is 123 Å². The minimum Gasteiger partial charge on any atom is -0.352 e. The summed E-state index contributed by atoms with van der Waals surface area (Å²) in [6.45, 7) is -0.309. The Bertz CT molecular complexity index is 565. The zero-order valence-corrected chi connectivity index (χ0v) is 12.5. The number of thiol groups is 1. The van der Waals surface area contributed by atoms with Crippen LogP contribution in [0.15, 0.2) is 22.7 Å². The molecule has 0 atom stereocenters. The highest BCUT2D eigenvalue weighted by atomic mass is 79.9. The molecule has 0 bridgehead atoms. The molecule has 0 aliphatic carbocycles. The first kappa shape index (κ1) is 17.0. The molecule has 0 spiro atoms. The summed E-state index contributed by atoms with van der Waals surface area (Å²) >= 11 is 2.95. The lowest BCUT2D eigenvalue weighted by Gasteiger charge is -2.13. The van der Waals surface area contributed by atoms with Gasteiger partial charge in [-0.1, -0.05) is 22.0 Å². The van der Waals surface area contributed by atoms with Gasteiger partial charge in [0.2, 0.25) is 5.91 Å². The summed E-state index contributed by atoms with van der Waals surface area (Å²) in [7, 11) is -2.67. The molecule has 0 saturated heterocycles. The van der Waals surface area contributed by atoms with Crippen LogP contribution in [0.2, 0.25) is 0 Å². The van der Waals surface area contributed by atoms with Crippen LogP contribution < -0.4 is 5.32 Å². The highest BCUT2D eigenvalue weighted by molar-refractivity contribution is 9.10. The van der Waals surface area contributed by atoms with Crippen LogP contribution in [0.5, 0.6) is 0 Å². The predicted octanol–water partition coefficient (Wildman–Crippen LogP) is 2.09. The number of benzene rings is 1. The second kappa shape index (κ2) is 7.07. The number of nitrogens with one attached hydrogen (secondary N) is 1. The molecule has 0 unspecified atom stereocenters. The molecule has 0 aromatic heterocycles. The molecular weight excluding hydrogens is 363 g/mol. The van der Waals surface area contributed by atoms with E-state index in [1.54, 1.807) is 0 Å². The van der Waals surface area contributed by atoms with Crippen molar-refractivity contribution in [3.8, 4) is 0 Å². The molecule has 112 valence electrons. The van der Waals surface area contributed by atoms with Gasteiger partial charge in [-0.25, -0.2) is 8.42 Å². The quantitative estimate of drug-likeness (QED) is 0.776. The van der Waals surface area contributed by atoms with E-state index in [1.165, 1.54) is 12.1 Å². The SMILES string of the molecule is O=C(CC[SH](=O)=O)NCc1ccc(Br)cc1C(F)(F)F. The highest BCUT2D eigenvalue weighted by Crippen LogP contribution is 2.33. The molecule has 1 aromatic rings. The standard InChI is InChI=1S/C11H11BrF3NO3S/c12-8-2-1-7(9(5-8)11(13,14)15)6-16-10(17)3-4-20(18)19/h1-2,5,20H,3-4,6H2,(H,16,17). The van der Waals surface area contributed by atoms with Gasteiger partial charge in [-0.3, -0.25) is 4.79 Å². The Kier molecular flexibility index (Phi) is 6.00. The van der Waals surface area contributed by atoms with Gasteiger partial charge in [-0.2, -0.15) is 13.2 Å². The third-order valence-electron chi connectivity index (χ3n) is 2.37. The largest absolute Gasteiger partial charge is 0.416 e. The smallest absolute Gasteiger partial charge is 0.352 e. The van der Waals surface area contributed by atoms with E-state index in [9.17, 15) is 26.4 Å². The van der Waals surface area contributed by atoms with Gasteiger partial charge in [0.25, 0.3) is 0 Å². The van der Waals surface area contributed by atoms with Gasteiger partial charge in [-0.05, 0) is 17.7 Å². The summed E-state index contributed by atoms with van der Waals surface area (Å²) in [5.41, 5.74) is -0.928. The Morgan fingerprint density at radius 3 is 2.50 bits per heavy atom. The van der Waals surface area contributed by atoms with Gasteiger partial charge in [0.05, 0.1) is 11.3 Å². The van der Waals surface area contributed by atoms with E-state index in [2.05, 4.69) is 21.2 Å². The highest BCUT2D eigenvalue weighted by Gasteiger charge is 2.33. The number of carbonyl (C=O) groups excluding carboxylic acids is 1. The van der Waals surface area contributed by atoms with Crippen molar-refractivity contribution in [1.82, 2.24) is 5.32 Å². The molecule has 0 heterocycles. The van der Waals surface area contributed by atoms with Crippen LogP contribution in [0, 0.1) is 0 Å². The number of hydrogen-bond acceptors (Lipinski definition) is 3. The molecule has 9 heteroatoms. The van der Waals surface area contributed by atoms with Gasteiger partial charge >= 0.3 is 6.18 Å². The van der Waals surface area contributed by atoms with Crippen LogP contribution >= 0.6 is 15.9 Å². The van der Waals surface area contributed by atoms with Crippen LogP contribution in [0.25, 0.3) is 0 Å². The molecule has 0 aliphatic heterocycles. The number of hydrogen-bond donors (Lipinski definition) is 2. The van der Waals surface area contributed by atoms with Crippen molar-refractivity contribution < 1.29 is 26.4 Å². The number of rotatable bonds is 5. The minimum absolute atomic E-state index is 0.0828. The van der Waals surface area contributed by atoms with Crippen LogP contribution in [0.1, 0.15) is 17.5 Å². The van der Waals surface area contributed by atoms with Gasteiger partial charge in [0, 0.05) is 17.4 Å². The Hall–Kier alpha value is -1.09. The first-order valence-corrected chi connectivity index (χ1v) is 7.60. The van der Waals surface area contributed by atoms with Gasteiger partial charge in [0.1, 0.15) is 10.7 Å². The molecule has 1 N–H and O–H groups in total. The van der Waals surface area contributed by atoms with Crippen LogP contribution in [0.4, 0.5) is 13.2 Å². The second-order valence-corrected chi connectivity index (χ2v) is 5.91. The monoisotopic (exact) mass is 373 g/mol. The van der Waals surface area contributed by atoms with Crippen molar-refractivity contribution >= 4 is 32.5 Å². The molecular formula is C11H11BrF3NO3S. The molecule has 0 saturated carbocycles. The molecule has 4 nitrogen and oxygen atoms in total. The third kappa shape index (κ3) is 5.49. The first-order valence-electron chi connectivity index (χ1n) is 5.44. The summed E-state index contributed by atoms with van der Waals surface area (Å²) in [6.07, 6.45) is -4.79. The van der Waals surface area contributed by atoms with E-state index >= 15 is 0 Å². The molecule has 1 aromatic carbocycles. The van der Waals surface area contributed by atoms with E-state index < -0.39 is 28.4 Å². The number of alkyl halides is 3. The molecule has 20 heavy (non-hydrogen) atoms. The molecule has 1 rings (SSSR count). The Morgan fingerprint density at radius 2 is 1.95 bits per heavy atom. The maximum Gasteiger partial charge on any atom is 0.416 e. The third-order valence-corrected chi connectivity index (χ3v) is 3.46. The fourth-order valence-electron chi connectivity index (χ4n) is 1.44. The molecule has 0 aliphatic rings. The van der Waals surface area contributed by atoms with E-state index in [4.69, 9.17) is 0 Å². The summed E-state index contributed by atoms with van der Waals surface area (Å²) in [4.78, 5) is 11.3. The lowest BCUT2D eigenvalue weighted by atomic mass is 10.1. The maximum atomic E-state index is 12.8. The normalized spacial score (nSPS) is 11.7. The van der Waals surface area contributed by atoms with Gasteiger partial charge in [-0.15, -0.1) is 0 Å². The van der Waals surface area contributed by atoms with E-state index in [0.717, 1.165) is 6.07 Å². The van der Waals surface area contributed by atoms with Crippen molar-refractivity contribution in [3.05, 3.63) is 33.8 Å². The molecule has 0 radical (unpaired) electrons. The van der Waals surface area contributed by atoms with Crippen LogP contribution in [-0.2, 0) is 28.2 Å². The van der Waals surface area contributed by atoms with Crippen LogP contribution in [-0.4, -0.2) is 20.1 Å². The van der Waals surface area contributed by atoms with Crippen LogP contribution in [0.3, 0.4) is 0 Å². The maximum absolute atomic E-state index is 12.8. The van der Waals surface area contributed by atoms with Crippen molar-refractivity contribution in [3.63, 3.8) is 0 Å². The fraction of sp³-hybridized carbons (Fsp3) is 0.364. The predicted molar refractivity (Wildman–Crippen MR) is 70.8 cm³/mol. The molecule has 0 fully saturated rings. The van der Waals surface area contributed by atoms with E-state index in [-0.39, 0.29) is 28.8 Å². The van der Waals surface area contributed by atoms with Crippen molar-refractivity contribution in [2.24, 2.45) is 0 Å². The van der Waals surface area contributed by atoms with Gasteiger partial charge in [0.15, 0.2) is 0 Å². The first-order chi connectivity index (χ1) is 9.20. The zero-order valence-electron chi connectivity index (χ0n) is 10.0. The number of amides is 1. The van der Waals surface area contributed by atoms with Crippen molar-refractivity contribution in [1.29, 1.82) is 0 Å². The average molecular weight is 374 g/mol. The summed E-state index contributed by atoms with van der Waals surface area (Å²) in [6, 6.07) is 3.61. The number of carbonyl (C=O) groups is 1. The molecule has 1 amide bonds. The topological polar surface area (TPSA) is 63.2 Å². The summed E-state index contributed by atoms with van der Waals surface area (Å²) < 4.78 is 59.3. The number of halogens is 4. The second-order valence-electron chi connectivity index (χ2n) is 3.88. The lowest BCUT2D eigenvalue weighted by molar-refractivity contribution is -0.138.